The minimum Gasteiger partial charge on any atom is -0.466 e. The van der Waals surface area contributed by atoms with Crippen LogP contribution in [0.3, 0.4) is 0 Å². The number of ether oxygens (including phenoxy) is 1. The topological polar surface area (TPSA) is 117 Å². The molecule has 2 heterocycles. The quantitative estimate of drug-likeness (QED) is 0.590. The van der Waals surface area contributed by atoms with E-state index in [0.29, 0.717) is 13.1 Å². The Morgan fingerprint density at radius 1 is 1.31 bits per heavy atom. The molecular weight excluding hydrogens is 407 g/mol. The molecule has 0 saturated carbocycles. The van der Waals surface area contributed by atoms with E-state index in [-0.39, 0.29) is 43.2 Å². The van der Waals surface area contributed by atoms with Gasteiger partial charge in [-0.25, -0.2) is 9.18 Å². The smallest absolute Gasteiger partial charge is 0.328 e. The number of nitrogens with zero attached hydrogens (tertiary/aromatic N) is 1. The lowest BCUT2D eigenvalue weighted by atomic mass is 10.0. The summed E-state index contributed by atoms with van der Waals surface area (Å²) < 4.78 is 19.3. The zero-order valence-corrected chi connectivity index (χ0v) is 16.5. The number of amides is 4. The molecule has 2 fully saturated rings. The van der Waals surface area contributed by atoms with Gasteiger partial charge in [0.25, 0.3) is 5.91 Å². The number of halogens is 2. The van der Waals surface area contributed by atoms with Gasteiger partial charge in [-0.3, -0.25) is 24.6 Å². The molecule has 2 saturated heterocycles. The van der Waals surface area contributed by atoms with E-state index in [0.717, 1.165) is 11.0 Å². The summed E-state index contributed by atoms with van der Waals surface area (Å²) >= 11 is 0. The predicted molar refractivity (Wildman–Crippen MR) is 103 cm³/mol. The minimum atomic E-state index is -0.741. The SMILES string of the molecule is CCOC(=O)C1CNCC1NC(=O)c1ccc(F)c(N2CCC(=O)NC2=O)c1.Cl. The van der Waals surface area contributed by atoms with Crippen molar-refractivity contribution in [3.8, 4) is 0 Å². The summed E-state index contributed by atoms with van der Waals surface area (Å²) in [5, 5.41) is 7.90. The van der Waals surface area contributed by atoms with Gasteiger partial charge in [-0.15, -0.1) is 12.4 Å². The molecule has 4 amide bonds. The van der Waals surface area contributed by atoms with Crippen LogP contribution in [0.5, 0.6) is 0 Å². The first-order chi connectivity index (χ1) is 13.4. The highest BCUT2D eigenvalue weighted by Crippen LogP contribution is 2.23. The molecule has 11 heteroatoms. The van der Waals surface area contributed by atoms with Gasteiger partial charge in [0.05, 0.1) is 24.3 Å². The summed E-state index contributed by atoms with van der Waals surface area (Å²) in [6, 6.07) is 2.43. The Bertz CT molecular complexity index is 821. The Morgan fingerprint density at radius 2 is 2.07 bits per heavy atom. The summed E-state index contributed by atoms with van der Waals surface area (Å²) in [5.74, 6) is -2.53. The average molecular weight is 429 g/mol. The summed E-state index contributed by atoms with van der Waals surface area (Å²) in [6.45, 7) is 2.76. The van der Waals surface area contributed by atoms with Crippen molar-refractivity contribution in [2.75, 3.05) is 31.1 Å². The summed E-state index contributed by atoms with van der Waals surface area (Å²) in [4.78, 5) is 48.9. The molecule has 0 aliphatic carbocycles. The monoisotopic (exact) mass is 428 g/mol. The van der Waals surface area contributed by atoms with E-state index < -0.39 is 41.6 Å². The Balaban J connectivity index is 0.00000300. The Hall–Kier alpha value is -2.72. The van der Waals surface area contributed by atoms with E-state index in [2.05, 4.69) is 16.0 Å². The lowest BCUT2D eigenvalue weighted by Crippen LogP contribution is -2.50. The highest BCUT2D eigenvalue weighted by molar-refractivity contribution is 6.06. The largest absolute Gasteiger partial charge is 0.466 e. The number of imide groups is 1. The van der Waals surface area contributed by atoms with Gasteiger partial charge in [0.1, 0.15) is 5.82 Å². The molecule has 2 aliphatic rings. The van der Waals surface area contributed by atoms with Crippen LogP contribution in [0, 0.1) is 11.7 Å². The van der Waals surface area contributed by atoms with Gasteiger partial charge in [0.2, 0.25) is 5.91 Å². The summed E-state index contributed by atoms with van der Waals surface area (Å²) in [6.07, 6.45) is 0.0383. The van der Waals surface area contributed by atoms with E-state index >= 15 is 0 Å². The lowest BCUT2D eigenvalue weighted by Gasteiger charge is -2.27. The standard InChI is InChI=1S/C18H21FN4O5.ClH/c1-2-28-17(26)11-8-20-9-13(11)21-16(25)10-3-4-12(19)14(7-10)23-6-5-15(24)22-18(23)27;/h3-4,7,11,13,20H,2,5-6,8-9H2,1H3,(H,21,25)(H,22,24,27);1H. The van der Waals surface area contributed by atoms with Crippen LogP contribution >= 0.6 is 12.4 Å². The zero-order valence-electron chi connectivity index (χ0n) is 15.7. The minimum absolute atomic E-state index is 0. The molecular formula is C18H22ClFN4O5. The van der Waals surface area contributed by atoms with Crippen LogP contribution in [-0.2, 0) is 14.3 Å². The van der Waals surface area contributed by atoms with Crippen molar-refractivity contribution >= 4 is 41.9 Å². The first-order valence-electron chi connectivity index (χ1n) is 8.99. The normalized spacial score (nSPS) is 21.2. The highest BCUT2D eigenvalue weighted by Gasteiger charge is 2.35. The molecule has 0 spiro atoms. The van der Waals surface area contributed by atoms with Crippen molar-refractivity contribution in [3.05, 3.63) is 29.6 Å². The average Bonchev–Trinajstić information content (AvgIpc) is 3.11. The molecule has 2 unspecified atom stereocenters. The lowest BCUT2D eigenvalue weighted by molar-refractivity contribution is -0.147. The number of carbonyl (C=O) groups is 4. The third-order valence-electron chi connectivity index (χ3n) is 4.67. The number of carbonyl (C=O) groups excluding carboxylic acids is 4. The summed E-state index contributed by atoms with van der Waals surface area (Å²) in [7, 11) is 0. The van der Waals surface area contributed by atoms with Crippen molar-refractivity contribution in [1.29, 1.82) is 0 Å². The molecule has 158 valence electrons. The summed E-state index contributed by atoms with van der Waals surface area (Å²) in [5.41, 5.74) is 0.0414. The van der Waals surface area contributed by atoms with Gasteiger partial charge in [0.15, 0.2) is 0 Å². The van der Waals surface area contributed by atoms with Crippen LogP contribution in [0.25, 0.3) is 0 Å². The number of hydrogen-bond donors (Lipinski definition) is 3. The van der Waals surface area contributed by atoms with Crippen molar-refractivity contribution in [1.82, 2.24) is 16.0 Å². The molecule has 3 N–H and O–H groups in total. The molecule has 9 nitrogen and oxygen atoms in total. The van der Waals surface area contributed by atoms with Crippen LogP contribution in [0.1, 0.15) is 23.7 Å². The van der Waals surface area contributed by atoms with Crippen molar-refractivity contribution in [2.24, 2.45) is 5.92 Å². The third-order valence-corrected chi connectivity index (χ3v) is 4.67. The van der Waals surface area contributed by atoms with Gasteiger partial charge in [-0.2, -0.15) is 0 Å². The van der Waals surface area contributed by atoms with Crippen molar-refractivity contribution < 1.29 is 28.3 Å². The Kier molecular flexibility index (Phi) is 7.52. The maximum Gasteiger partial charge on any atom is 0.328 e. The number of nitrogens with one attached hydrogen (secondary N) is 3. The van der Waals surface area contributed by atoms with Gasteiger partial charge >= 0.3 is 12.0 Å². The van der Waals surface area contributed by atoms with Crippen LogP contribution in [0.15, 0.2) is 18.2 Å². The molecule has 1 aromatic carbocycles. The van der Waals surface area contributed by atoms with E-state index in [1.165, 1.54) is 12.1 Å². The van der Waals surface area contributed by atoms with Crippen molar-refractivity contribution in [3.63, 3.8) is 0 Å². The third kappa shape index (κ3) is 5.01. The van der Waals surface area contributed by atoms with Crippen LogP contribution in [-0.4, -0.2) is 56.1 Å². The van der Waals surface area contributed by atoms with Gasteiger partial charge in [0, 0.05) is 31.6 Å². The molecule has 0 bridgehead atoms. The molecule has 3 rings (SSSR count). The number of rotatable bonds is 5. The first-order valence-corrected chi connectivity index (χ1v) is 8.99. The number of benzene rings is 1. The molecule has 2 atom stereocenters. The molecule has 2 aliphatic heterocycles. The van der Waals surface area contributed by atoms with E-state index in [1.807, 2.05) is 0 Å². The number of urea groups is 1. The van der Waals surface area contributed by atoms with Crippen LogP contribution < -0.4 is 20.9 Å². The molecule has 1 aromatic rings. The van der Waals surface area contributed by atoms with Crippen molar-refractivity contribution in [2.45, 2.75) is 19.4 Å². The van der Waals surface area contributed by atoms with E-state index in [1.54, 1.807) is 6.92 Å². The van der Waals surface area contributed by atoms with Crippen LogP contribution in [0.4, 0.5) is 14.9 Å². The second kappa shape index (κ2) is 9.66. The molecule has 0 radical (unpaired) electrons. The maximum absolute atomic E-state index is 14.2. The fourth-order valence-corrected chi connectivity index (χ4v) is 3.23. The van der Waals surface area contributed by atoms with E-state index in [9.17, 15) is 23.6 Å². The van der Waals surface area contributed by atoms with E-state index in [4.69, 9.17) is 4.74 Å². The fourth-order valence-electron chi connectivity index (χ4n) is 3.23. The Labute approximate surface area is 172 Å². The number of anilines is 1. The van der Waals surface area contributed by atoms with Gasteiger partial charge < -0.3 is 15.4 Å². The molecule has 0 aromatic heterocycles. The second-order valence-electron chi connectivity index (χ2n) is 6.52. The van der Waals surface area contributed by atoms with Crippen LogP contribution in [0.2, 0.25) is 0 Å². The number of hydrogen-bond acceptors (Lipinski definition) is 6. The second-order valence-corrected chi connectivity index (χ2v) is 6.52. The molecule has 29 heavy (non-hydrogen) atoms. The first kappa shape index (κ1) is 22.6. The predicted octanol–water partition coefficient (Wildman–Crippen LogP) is 0.575. The number of esters is 1. The van der Waals surface area contributed by atoms with Gasteiger partial charge in [-0.1, -0.05) is 0 Å². The highest BCUT2D eigenvalue weighted by atomic mass is 35.5. The fraction of sp³-hybridized carbons (Fsp3) is 0.444. The Morgan fingerprint density at radius 3 is 2.76 bits per heavy atom. The zero-order chi connectivity index (χ0) is 20.3. The van der Waals surface area contributed by atoms with Gasteiger partial charge in [-0.05, 0) is 25.1 Å². The maximum atomic E-state index is 14.2.